The minimum absolute atomic E-state index is 0.130. The molecule has 1 heterocycles. The van der Waals surface area contributed by atoms with E-state index in [4.69, 9.17) is 0 Å². The molecule has 1 fully saturated rings. The van der Waals surface area contributed by atoms with Crippen molar-refractivity contribution in [3.8, 4) is 0 Å². The standard InChI is InChI=1S/C18H18BrN3O2/c19-15-3-1-14(2-4-15)18(24)20-16-5-7-17(8-6-16)22-11-9-21(13-23)10-12-22/h1-8,13H,9-12H2,(H,20,24). The molecule has 0 saturated carbocycles. The summed E-state index contributed by atoms with van der Waals surface area (Å²) in [7, 11) is 0. The first-order valence-electron chi connectivity index (χ1n) is 7.77. The van der Waals surface area contributed by atoms with Crippen LogP contribution in [-0.2, 0) is 4.79 Å². The molecular weight excluding hydrogens is 370 g/mol. The summed E-state index contributed by atoms with van der Waals surface area (Å²) in [5, 5.41) is 2.90. The van der Waals surface area contributed by atoms with Crippen LogP contribution in [0.5, 0.6) is 0 Å². The molecule has 0 radical (unpaired) electrons. The highest BCUT2D eigenvalue weighted by Crippen LogP contribution is 2.20. The van der Waals surface area contributed by atoms with Crippen LogP contribution < -0.4 is 10.2 Å². The number of amides is 2. The summed E-state index contributed by atoms with van der Waals surface area (Å²) >= 11 is 3.36. The van der Waals surface area contributed by atoms with Gasteiger partial charge >= 0.3 is 0 Å². The average Bonchev–Trinajstić information content (AvgIpc) is 2.63. The number of halogens is 1. The van der Waals surface area contributed by atoms with Crippen molar-refractivity contribution in [2.75, 3.05) is 36.4 Å². The largest absolute Gasteiger partial charge is 0.368 e. The van der Waals surface area contributed by atoms with Crippen molar-refractivity contribution in [2.24, 2.45) is 0 Å². The first-order valence-corrected chi connectivity index (χ1v) is 8.56. The molecule has 0 aromatic heterocycles. The predicted octanol–water partition coefficient (Wildman–Crippen LogP) is 2.98. The van der Waals surface area contributed by atoms with Crippen LogP contribution in [0.25, 0.3) is 0 Å². The second kappa shape index (κ2) is 7.49. The molecule has 124 valence electrons. The Labute approximate surface area is 149 Å². The van der Waals surface area contributed by atoms with E-state index in [2.05, 4.69) is 26.1 Å². The molecule has 1 aliphatic heterocycles. The van der Waals surface area contributed by atoms with Crippen LogP contribution in [0.1, 0.15) is 10.4 Å². The molecule has 2 aromatic carbocycles. The van der Waals surface area contributed by atoms with E-state index in [-0.39, 0.29) is 5.91 Å². The second-order valence-electron chi connectivity index (χ2n) is 5.64. The topological polar surface area (TPSA) is 52.7 Å². The monoisotopic (exact) mass is 387 g/mol. The first-order chi connectivity index (χ1) is 11.7. The molecule has 6 heteroatoms. The molecule has 0 spiro atoms. The fourth-order valence-corrected chi connectivity index (χ4v) is 2.91. The Morgan fingerprint density at radius 3 is 2.17 bits per heavy atom. The number of nitrogens with zero attached hydrogens (tertiary/aromatic N) is 2. The fourth-order valence-electron chi connectivity index (χ4n) is 2.65. The summed E-state index contributed by atoms with van der Waals surface area (Å²) < 4.78 is 0.943. The summed E-state index contributed by atoms with van der Waals surface area (Å²) in [5.41, 5.74) is 2.48. The van der Waals surface area contributed by atoms with Gasteiger partial charge in [0.1, 0.15) is 0 Å². The highest BCUT2D eigenvalue weighted by Gasteiger charge is 2.15. The third-order valence-electron chi connectivity index (χ3n) is 4.06. The van der Waals surface area contributed by atoms with Crippen LogP contribution in [0.15, 0.2) is 53.0 Å². The minimum atomic E-state index is -0.130. The number of carbonyl (C=O) groups excluding carboxylic acids is 2. The number of hydrogen-bond acceptors (Lipinski definition) is 3. The van der Waals surface area contributed by atoms with Gasteiger partial charge in [-0.15, -0.1) is 0 Å². The third kappa shape index (κ3) is 3.94. The zero-order valence-corrected chi connectivity index (χ0v) is 14.7. The van der Waals surface area contributed by atoms with Crippen molar-refractivity contribution in [1.82, 2.24) is 4.90 Å². The lowest BCUT2D eigenvalue weighted by atomic mass is 10.2. The van der Waals surface area contributed by atoms with E-state index < -0.39 is 0 Å². The highest BCUT2D eigenvalue weighted by atomic mass is 79.9. The van der Waals surface area contributed by atoms with Gasteiger partial charge < -0.3 is 15.1 Å². The molecule has 0 atom stereocenters. The third-order valence-corrected chi connectivity index (χ3v) is 4.59. The number of nitrogens with one attached hydrogen (secondary N) is 1. The van der Waals surface area contributed by atoms with E-state index in [1.807, 2.05) is 36.4 Å². The minimum Gasteiger partial charge on any atom is -0.368 e. The molecule has 24 heavy (non-hydrogen) atoms. The Morgan fingerprint density at radius 2 is 1.58 bits per heavy atom. The van der Waals surface area contributed by atoms with Crippen LogP contribution in [-0.4, -0.2) is 43.4 Å². The van der Waals surface area contributed by atoms with Gasteiger partial charge in [-0.3, -0.25) is 9.59 Å². The number of carbonyl (C=O) groups is 2. The molecule has 0 aliphatic carbocycles. The summed E-state index contributed by atoms with van der Waals surface area (Å²) in [4.78, 5) is 27.0. The molecule has 0 unspecified atom stereocenters. The molecule has 5 nitrogen and oxygen atoms in total. The van der Waals surface area contributed by atoms with Crippen LogP contribution >= 0.6 is 15.9 Å². The second-order valence-corrected chi connectivity index (χ2v) is 6.55. The molecule has 3 rings (SSSR count). The summed E-state index contributed by atoms with van der Waals surface area (Å²) in [5.74, 6) is -0.130. The number of anilines is 2. The Kier molecular flexibility index (Phi) is 5.15. The van der Waals surface area contributed by atoms with Crippen molar-refractivity contribution >= 4 is 39.6 Å². The summed E-state index contributed by atoms with van der Waals surface area (Å²) in [6.45, 7) is 3.13. The molecule has 1 aliphatic rings. The smallest absolute Gasteiger partial charge is 0.255 e. The quantitative estimate of drug-likeness (QED) is 0.820. The summed E-state index contributed by atoms with van der Waals surface area (Å²) in [6, 6.07) is 15.0. The Balaban J connectivity index is 1.61. The van der Waals surface area contributed by atoms with Crippen molar-refractivity contribution in [3.05, 3.63) is 58.6 Å². The van der Waals surface area contributed by atoms with Gasteiger partial charge in [-0.05, 0) is 48.5 Å². The number of piperazine rings is 1. The molecule has 0 bridgehead atoms. The van der Waals surface area contributed by atoms with Gasteiger partial charge in [-0.1, -0.05) is 15.9 Å². The van der Waals surface area contributed by atoms with E-state index in [0.29, 0.717) is 5.56 Å². The van der Waals surface area contributed by atoms with Crippen molar-refractivity contribution in [3.63, 3.8) is 0 Å². The predicted molar refractivity (Wildman–Crippen MR) is 98.4 cm³/mol. The maximum atomic E-state index is 12.2. The van der Waals surface area contributed by atoms with Gasteiger partial charge in [0.05, 0.1) is 0 Å². The van der Waals surface area contributed by atoms with Gasteiger partial charge in [0.25, 0.3) is 5.91 Å². The van der Waals surface area contributed by atoms with Gasteiger partial charge in [0, 0.05) is 47.6 Å². The lowest BCUT2D eigenvalue weighted by molar-refractivity contribution is -0.118. The van der Waals surface area contributed by atoms with Gasteiger partial charge in [0.2, 0.25) is 6.41 Å². The van der Waals surface area contributed by atoms with E-state index in [9.17, 15) is 9.59 Å². The Bertz CT molecular complexity index is 708. The lowest BCUT2D eigenvalue weighted by Gasteiger charge is -2.34. The van der Waals surface area contributed by atoms with Gasteiger partial charge in [0.15, 0.2) is 0 Å². The lowest BCUT2D eigenvalue weighted by Crippen LogP contribution is -2.45. The molecular formula is C18H18BrN3O2. The number of rotatable bonds is 4. The average molecular weight is 388 g/mol. The molecule has 2 amide bonds. The maximum absolute atomic E-state index is 12.2. The van der Waals surface area contributed by atoms with Crippen molar-refractivity contribution in [2.45, 2.75) is 0 Å². The SMILES string of the molecule is O=CN1CCN(c2ccc(NC(=O)c3ccc(Br)cc3)cc2)CC1. The fraction of sp³-hybridized carbons (Fsp3) is 0.222. The zero-order valence-electron chi connectivity index (χ0n) is 13.1. The van der Waals surface area contributed by atoms with E-state index in [0.717, 1.165) is 48.4 Å². The van der Waals surface area contributed by atoms with Crippen molar-refractivity contribution in [1.29, 1.82) is 0 Å². The van der Waals surface area contributed by atoms with E-state index >= 15 is 0 Å². The molecule has 1 N–H and O–H groups in total. The Hall–Kier alpha value is -2.34. The van der Waals surface area contributed by atoms with E-state index in [1.54, 1.807) is 17.0 Å². The van der Waals surface area contributed by atoms with Crippen LogP contribution in [0.3, 0.4) is 0 Å². The highest BCUT2D eigenvalue weighted by molar-refractivity contribution is 9.10. The Morgan fingerprint density at radius 1 is 0.958 bits per heavy atom. The number of benzene rings is 2. The van der Waals surface area contributed by atoms with Crippen molar-refractivity contribution < 1.29 is 9.59 Å². The van der Waals surface area contributed by atoms with Crippen LogP contribution in [0, 0.1) is 0 Å². The van der Waals surface area contributed by atoms with Gasteiger partial charge in [-0.25, -0.2) is 0 Å². The zero-order chi connectivity index (χ0) is 16.9. The normalized spacial score (nSPS) is 14.4. The molecule has 2 aromatic rings. The maximum Gasteiger partial charge on any atom is 0.255 e. The first kappa shape index (κ1) is 16.5. The van der Waals surface area contributed by atoms with Crippen LogP contribution in [0.4, 0.5) is 11.4 Å². The number of hydrogen-bond donors (Lipinski definition) is 1. The van der Waals surface area contributed by atoms with Gasteiger partial charge in [-0.2, -0.15) is 0 Å². The summed E-state index contributed by atoms with van der Waals surface area (Å²) in [6.07, 6.45) is 0.901. The van der Waals surface area contributed by atoms with Crippen LogP contribution in [0.2, 0.25) is 0 Å². The molecule has 1 saturated heterocycles. The van der Waals surface area contributed by atoms with E-state index in [1.165, 1.54) is 0 Å².